The van der Waals surface area contributed by atoms with Crippen LogP contribution in [0.5, 0.6) is 0 Å². The maximum atomic E-state index is 13.9. The number of aliphatic hydroxyl groups is 1. The standard InChI is InChI=1S/C24H18Cl2F2N4O2/c25-16-3-1-15(2-4-16)24(34)7-9-32(10-8-24)23(33)18-11-14(12-29)20(31-21(18)22(27)28)19-6-5-17(26)13-30-19/h1-6,11,13,22,34H,7-10H2. The number of likely N-dealkylation sites (tertiary alicyclic amines) is 1. The largest absolute Gasteiger partial charge is 0.385 e. The molecule has 4 rings (SSSR count). The maximum absolute atomic E-state index is 13.9. The third-order valence-corrected chi connectivity index (χ3v) is 6.31. The van der Waals surface area contributed by atoms with Crippen molar-refractivity contribution in [1.82, 2.24) is 14.9 Å². The summed E-state index contributed by atoms with van der Waals surface area (Å²) in [7, 11) is 0. The van der Waals surface area contributed by atoms with Crippen LogP contribution in [0.2, 0.25) is 10.0 Å². The quantitative estimate of drug-likeness (QED) is 0.516. The Labute approximate surface area is 204 Å². The number of carbonyl (C=O) groups is 1. The molecule has 0 radical (unpaired) electrons. The summed E-state index contributed by atoms with van der Waals surface area (Å²) < 4.78 is 27.8. The van der Waals surface area contributed by atoms with Crippen LogP contribution in [0.3, 0.4) is 0 Å². The number of alkyl halides is 2. The first-order valence-electron chi connectivity index (χ1n) is 10.3. The van der Waals surface area contributed by atoms with Gasteiger partial charge in [0.2, 0.25) is 0 Å². The molecule has 0 aliphatic carbocycles. The Morgan fingerprint density at radius 3 is 2.32 bits per heavy atom. The lowest BCUT2D eigenvalue weighted by Crippen LogP contribution is -2.45. The predicted molar refractivity (Wildman–Crippen MR) is 123 cm³/mol. The van der Waals surface area contributed by atoms with Crippen LogP contribution >= 0.6 is 23.2 Å². The Bertz CT molecular complexity index is 1250. The van der Waals surface area contributed by atoms with Crippen molar-refractivity contribution in [1.29, 1.82) is 5.26 Å². The summed E-state index contributed by atoms with van der Waals surface area (Å²) in [5.74, 6) is -0.673. The number of hydrogen-bond donors (Lipinski definition) is 1. The Kier molecular flexibility index (Phi) is 6.80. The molecule has 0 spiro atoms. The molecule has 0 atom stereocenters. The van der Waals surface area contributed by atoms with E-state index in [1.807, 2.05) is 6.07 Å². The van der Waals surface area contributed by atoms with Gasteiger partial charge in [-0.2, -0.15) is 5.26 Å². The molecule has 6 nitrogen and oxygen atoms in total. The van der Waals surface area contributed by atoms with Gasteiger partial charge in [-0.05, 0) is 48.7 Å². The van der Waals surface area contributed by atoms with Crippen LogP contribution in [0.4, 0.5) is 8.78 Å². The summed E-state index contributed by atoms with van der Waals surface area (Å²) in [6.45, 7) is 0.284. The summed E-state index contributed by atoms with van der Waals surface area (Å²) in [6.07, 6.45) is -1.30. The van der Waals surface area contributed by atoms with E-state index >= 15 is 0 Å². The number of hydrogen-bond acceptors (Lipinski definition) is 5. The van der Waals surface area contributed by atoms with Gasteiger partial charge in [0.1, 0.15) is 17.5 Å². The van der Waals surface area contributed by atoms with E-state index in [9.17, 15) is 23.9 Å². The fourth-order valence-electron chi connectivity index (χ4n) is 3.96. The van der Waals surface area contributed by atoms with Gasteiger partial charge in [-0.1, -0.05) is 35.3 Å². The Hall–Kier alpha value is -3.12. The van der Waals surface area contributed by atoms with E-state index in [1.54, 1.807) is 24.3 Å². The number of nitrogens with zero attached hydrogens (tertiary/aromatic N) is 4. The zero-order valence-corrected chi connectivity index (χ0v) is 19.2. The maximum Gasteiger partial charge on any atom is 0.281 e. The lowest BCUT2D eigenvalue weighted by Gasteiger charge is -2.38. The average molecular weight is 503 g/mol. The van der Waals surface area contributed by atoms with Gasteiger partial charge in [0.25, 0.3) is 12.3 Å². The van der Waals surface area contributed by atoms with E-state index in [2.05, 4.69) is 9.97 Å². The first kappa shape index (κ1) is 24.0. The number of aromatic nitrogens is 2. The fraction of sp³-hybridized carbons (Fsp3) is 0.250. The van der Waals surface area contributed by atoms with Gasteiger partial charge in [-0.15, -0.1) is 0 Å². The van der Waals surface area contributed by atoms with Crippen LogP contribution in [0.15, 0.2) is 48.7 Å². The van der Waals surface area contributed by atoms with E-state index < -0.39 is 23.6 Å². The van der Waals surface area contributed by atoms with E-state index in [-0.39, 0.29) is 48.4 Å². The molecule has 1 amide bonds. The number of rotatable bonds is 4. The van der Waals surface area contributed by atoms with Crippen molar-refractivity contribution in [2.45, 2.75) is 24.9 Å². The SMILES string of the molecule is N#Cc1cc(C(=O)N2CCC(O)(c3ccc(Cl)cc3)CC2)c(C(F)F)nc1-c1ccc(Cl)cn1. The van der Waals surface area contributed by atoms with Crippen molar-refractivity contribution in [3.63, 3.8) is 0 Å². The second kappa shape index (κ2) is 9.63. The summed E-state index contributed by atoms with van der Waals surface area (Å²) in [4.78, 5) is 22.6. The van der Waals surface area contributed by atoms with Gasteiger partial charge in [0.05, 0.1) is 27.4 Å². The van der Waals surface area contributed by atoms with E-state index in [0.717, 1.165) is 6.07 Å². The van der Waals surface area contributed by atoms with E-state index in [1.165, 1.54) is 23.2 Å². The molecule has 1 saturated heterocycles. The Balaban J connectivity index is 1.62. The Morgan fingerprint density at radius 2 is 1.76 bits per heavy atom. The van der Waals surface area contributed by atoms with Gasteiger partial charge < -0.3 is 10.0 Å². The minimum atomic E-state index is -3.05. The van der Waals surface area contributed by atoms with Crippen molar-refractivity contribution < 1.29 is 18.7 Å². The number of halogens is 4. The van der Waals surface area contributed by atoms with E-state index in [0.29, 0.717) is 15.6 Å². The summed E-state index contributed by atoms with van der Waals surface area (Å²) in [5.41, 5.74) is -1.49. The van der Waals surface area contributed by atoms with Crippen LogP contribution in [0.25, 0.3) is 11.4 Å². The van der Waals surface area contributed by atoms with Gasteiger partial charge in [-0.25, -0.2) is 13.8 Å². The van der Waals surface area contributed by atoms with Gasteiger partial charge in [0.15, 0.2) is 0 Å². The van der Waals surface area contributed by atoms with Crippen LogP contribution in [0, 0.1) is 11.3 Å². The number of benzene rings is 1. The normalized spacial score (nSPS) is 15.3. The second-order valence-electron chi connectivity index (χ2n) is 7.92. The topological polar surface area (TPSA) is 90.1 Å². The molecular formula is C24H18Cl2F2N4O2. The number of piperidine rings is 1. The van der Waals surface area contributed by atoms with E-state index in [4.69, 9.17) is 23.2 Å². The molecule has 0 saturated carbocycles. The first-order valence-corrected chi connectivity index (χ1v) is 11.1. The van der Waals surface area contributed by atoms with Gasteiger partial charge in [-0.3, -0.25) is 9.78 Å². The number of pyridine rings is 2. The highest BCUT2D eigenvalue weighted by atomic mass is 35.5. The zero-order chi connectivity index (χ0) is 24.5. The van der Waals surface area contributed by atoms with Gasteiger partial charge >= 0.3 is 0 Å². The highest BCUT2D eigenvalue weighted by Gasteiger charge is 2.37. The fourth-order valence-corrected chi connectivity index (χ4v) is 4.20. The molecule has 1 fully saturated rings. The molecule has 0 bridgehead atoms. The molecule has 10 heteroatoms. The molecule has 2 aromatic heterocycles. The molecule has 1 aliphatic rings. The lowest BCUT2D eigenvalue weighted by molar-refractivity contribution is -0.0212. The number of nitriles is 1. The summed E-state index contributed by atoms with van der Waals surface area (Å²) in [6, 6.07) is 12.8. The third-order valence-electron chi connectivity index (χ3n) is 5.84. The predicted octanol–water partition coefficient (Wildman–Crippen LogP) is 5.38. The summed E-state index contributed by atoms with van der Waals surface area (Å²) in [5, 5.41) is 21.5. The van der Waals surface area contributed by atoms with Crippen molar-refractivity contribution >= 4 is 29.1 Å². The van der Waals surface area contributed by atoms with Crippen molar-refractivity contribution in [3.05, 3.63) is 81.1 Å². The molecule has 1 aromatic carbocycles. The van der Waals surface area contributed by atoms with Crippen LogP contribution < -0.4 is 0 Å². The molecule has 3 aromatic rings. The highest BCUT2D eigenvalue weighted by Crippen LogP contribution is 2.35. The smallest absolute Gasteiger partial charge is 0.281 e. The molecular weight excluding hydrogens is 485 g/mol. The van der Waals surface area contributed by atoms with Crippen LogP contribution in [-0.2, 0) is 5.60 Å². The molecule has 34 heavy (non-hydrogen) atoms. The minimum Gasteiger partial charge on any atom is -0.385 e. The van der Waals surface area contributed by atoms with Crippen LogP contribution in [-0.4, -0.2) is 39.0 Å². The molecule has 1 aliphatic heterocycles. The zero-order valence-electron chi connectivity index (χ0n) is 17.7. The van der Waals surface area contributed by atoms with Crippen molar-refractivity contribution in [2.75, 3.05) is 13.1 Å². The van der Waals surface area contributed by atoms with Crippen LogP contribution in [0.1, 0.15) is 46.4 Å². The monoisotopic (exact) mass is 502 g/mol. The molecule has 0 unspecified atom stereocenters. The van der Waals surface area contributed by atoms with Gasteiger partial charge in [0, 0.05) is 24.3 Å². The molecule has 3 heterocycles. The highest BCUT2D eigenvalue weighted by molar-refractivity contribution is 6.30. The first-order chi connectivity index (χ1) is 16.2. The van der Waals surface area contributed by atoms with Crippen molar-refractivity contribution in [3.8, 4) is 17.5 Å². The molecule has 1 N–H and O–H groups in total. The lowest BCUT2D eigenvalue weighted by atomic mass is 9.84. The second-order valence-corrected chi connectivity index (χ2v) is 8.80. The number of amides is 1. The summed E-state index contributed by atoms with van der Waals surface area (Å²) >= 11 is 11.7. The molecule has 174 valence electrons. The average Bonchev–Trinajstić information content (AvgIpc) is 2.84. The Morgan fingerprint density at radius 1 is 1.12 bits per heavy atom. The van der Waals surface area contributed by atoms with Crippen molar-refractivity contribution in [2.24, 2.45) is 0 Å². The minimum absolute atomic E-state index is 0.0539. The third kappa shape index (κ3) is 4.73. The number of carbonyl (C=O) groups excluding carboxylic acids is 1.